The van der Waals surface area contributed by atoms with Crippen LogP contribution in [0.4, 0.5) is 0 Å². The van der Waals surface area contributed by atoms with Crippen LogP contribution in [0.15, 0.2) is 24.3 Å². The molecule has 0 unspecified atom stereocenters. The molecule has 0 aromatic heterocycles. The zero-order chi connectivity index (χ0) is 20.9. The second kappa shape index (κ2) is 7.32. The van der Waals surface area contributed by atoms with Crippen molar-refractivity contribution in [3.63, 3.8) is 0 Å². The highest BCUT2D eigenvalue weighted by atomic mass is 32.2. The van der Waals surface area contributed by atoms with Crippen LogP contribution in [0.3, 0.4) is 0 Å². The molecule has 3 amide bonds. The van der Waals surface area contributed by atoms with E-state index in [9.17, 15) is 14.4 Å². The zero-order valence-corrected chi connectivity index (χ0v) is 18.2. The fraction of sp³-hybridized carbons (Fsp3) is 0.571. The molecule has 3 heterocycles. The molecule has 0 saturated carbocycles. The van der Waals surface area contributed by atoms with Gasteiger partial charge in [0.2, 0.25) is 11.8 Å². The van der Waals surface area contributed by atoms with Gasteiger partial charge in [-0.25, -0.2) is 0 Å². The number of rotatable bonds is 3. The number of carbonyl (C=O) groups is 3. The fourth-order valence-electron chi connectivity index (χ4n) is 4.54. The number of nitrogens with one attached hydrogen (secondary N) is 2. The van der Waals surface area contributed by atoms with E-state index in [0.29, 0.717) is 18.7 Å². The summed E-state index contributed by atoms with van der Waals surface area (Å²) in [6.07, 6.45) is 0. The zero-order valence-electron chi connectivity index (χ0n) is 17.4. The number of hydrogen-bond donors (Lipinski definition) is 2. The Morgan fingerprint density at radius 3 is 2.59 bits per heavy atom. The van der Waals surface area contributed by atoms with Crippen LogP contribution in [0.2, 0.25) is 0 Å². The first-order valence-electron chi connectivity index (χ1n) is 10.2. The lowest BCUT2D eigenvalue weighted by Gasteiger charge is -2.33. The third-order valence-electron chi connectivity index (χ3n) is 6.20. The average Bonchev–Trinajstić information content (AvgIpc) is 3.11. The van der Waals surface area contributed by atoms with Gasteiger partial charge in [0.25, 0.3) is 5.91 Å². The maximum absolute atomic E-state index is 13.3. The number of amides is 3. The number of fused-ring (bicyclic) bond motifs is 3. The SMILES string of the molecule is C[C@H](NC(=O)[C@H]1N2C(=O)c3ccccc3[C@H]2SC1(C)C)C(=O)N1CC[NH+](C)CC1. The number of nitrogens with zero attached hydrogens (tertiary/aromatic N) is 2. The maximum Gasteiger partial charge on any atom is 0.256 e. The fourth-order valence-corrected chi connectivity index (χ4v) is 6.13. The molecule has 8 heteroatoms. The minimum absolute atomic E-state index is 0.0538. The molecule has 29 heavy (non-hydrogen) atoms. The summed E-state index contributed by atoms with van der Waals surface area (Å²) in [7, 11) is 2.12. The molecule has 3 aliphatic rings. The molecule has 2 N–H and O–H groups in total. The highest BCUT2D eigenvalue weighted by molar-refractivity contribution is 8.01. The minimum Gasteiger partial charge on any atom is -0.343 e. The number of likely N-dealkylation sites (N-methyl/N-ethyl adjacent to an activating group) is 1. The number of hydrogen-bond acceptors (Lipinski definition) is 4. The summed E-state index contributed by atoms with van der Waals surface area (Å²) in [5.41, 5.74) is 1.64. The van der Waals surface area contributed by atoms with Gasteiger partial charge in [-0.2, -0.15) is 0 Å². The van der Waals surface area contributed by atoms with Crippen molar-refractivity contribution in [3.05, 3.63) is 35.4 Å². The van der Waals surface area contributed by atoms with Crippen molar-refractivity contribution in [2.45, 2.75) is 43.0 Å². The summed E-state index contributed by atoms with van der Waals surface area (Å²) >= 11 is 1.63. The van der Waals surface area contributed by atoms with Gasteiger partial charge < -0.3 is 20.0 Å². The van der Waals surface area contributed by atoms with E-state index < -0.39 is 16.8 Å². The summed E-state index contributed by atoms with van der Waals surface area (Å²) in [5, 5.41) is 2.75. The van der Waals surface area contributed by atoms with Gasteiger partial charge in [0.15, 0.2) is 0 Å². The van der Waals surface area contributed by atoms with Gasteiger partial charge in [0.05, 0.1) is 33.2 Å². The van der Waals surface area contributed by atoms with E-state index in [-0.39, 0.29) is 23.1 Å². The molecule has 1 aromatic carbocycles. The third-order valence-corrected chi connectivity index (χ3v) is 7.74. The van der Waals surface area contributed by atoms with Gasteiger partial charge in [-0.05, 0) is 32.4 Å². The van der Waals surface area contributed by atoms with Gasteiger partial charge in [-0.3, -0.25) is 14.4 Å². The molecule has 4 rings (SSSR count). The molecule has 0 bridgehead atoms. The maximum atomic E-state index is 13.3. The lowest BCUT2D eigenvalue weighted by molar-refractivity contribution is -0.883. The second-order valence-corrected chi connectivity index (χ2v) is 10.5. The molecule has 0 radical (unpaired) electrons. The van der Waals surface area contributed by atoms with Crippen LogP contribution in [-0.4, -0.2) is 77.6 Å². The lowest BCUT2D eigenvalue weighted by Crippen LogP contribution is -3.12. The first kappa shape index (κ1) is 20.2. The van der Waals surface area contributed by atoms with Crippen molar-refractivity contribution in [1.82, 2.24) is 15.1 Å². The number of carbonyl (C=O) groups excluding carboxylic acids is 3. The van der Waals surface area contributed by atoms with Crippen LogP contribution in [0, 0.1) is 0 Å². The number of quaternary nitrogens is 1. The normalized spacial score (nSPS) is 26.8. The Hall–Kier alpha value is -2.06. The van der Waals surface area contributed by atoms with Crippen molar-refractivity contribution in [1.29, 1.82) is 0 Å². The van der Waals surface area contributed by atoms with Gasteiger partial charge in [0.1, 0.15) is 17.5 Å². The van der Waals surface area contributed by atoms with Crippen molar-refractivity contribution in [2.75, 3.05) is 33.2 Å². The molecule has 0 aliphatic carbocycles. The summed E-state index contributed by atoms with van der Waals surface area (Å²) in [5.74, 6) is -0.418. The van der Waals surface area contributed by atoms with E-state index in [1.807, 2.05) is 43.0 Å². The molecular formula is C21H29N4O3S+. The van der Waals surface area contributed by atoms with E-state index in [4.69, 9.17) is 0 Å². The molecule has 2 fully saturated rings. The van der Waals surface area contributed by atoms with Crippen molar-refractivity contribution in [3.8, 4) is 0 Å². The van der Waals surface area contributed by atoms with E-state index in [1.54, 1.807) is 23.6 Å². The molecule has 2 saturated heterocycles. The summed E-state index contributed by atoms with van der Waals surface area (Å²) in [4.78, 5) is 44.0. The molecule has 156 valence electrons. The molecule has 7 nitrogen and oxygen atoms in total. The first-order chi connectivity index (χ1) is 13.7. The molecule has 0 spiro atoms. The largest absolute Gasteiger partial charge is 0.343 e. The Balaban J connectivity index is 1.49. The number of benzene rings is 1. The predicted molar refractivity (Wildman–Crippen MR) is 112 cm³/mol. The summed E-state index contributed by atoms with van der Waals surface area (Å²) in [6.45, 7) is 8.97. The second-order valence-electron chi connectivity index (χ2n) is 8.79. The van der Waals surface area contributed by atoms with Gasteiger partial charge in [-0.15, -0.1) is 11.8 Å². The van der Waals surface area contributed by atoms with Crippen molar-refractivity contribution >= 4 is 29.5 Å². The van der Waals surface area contributed by atoms with E-state index >= 15 is 0 Å². The number of piperazine rings is 1. The average molecular weight is 418 g/mol. The van der Waals surface area contributed by atoms with E-state index in [0.717, 1.165) is 18.7 Å². The third kappa shape index (κ3) is 3.42. The minimum atomic E-state index is -0.621. The first-order valence-corrected chi connectivity index (χ1v) is 11.1. The smallest absolute Gasteiger partial charge is 0.256 e. The Morgan fingerprint density at radius 2 is 1.90 bits per heavy atom. The van der Waals surface area contributed by atoms with Crippen LogP contribution >= 0.6 is 11.8 Å². The Kier molecular flexibility index (Phi) is 5.11. The van der Waals surface area contributed by atoms with Crippen molar-refractivity contribution < 1.29 is 19.3 Å². The monoisotopic (exact) mass is 417 g/mol. The topological polar surface area (TPSA) is 74.2 Å². The van der Waals surface area contributed by atoms with Gasteiger partial charge >= 0.3 is 0 Å². The quantitative estimate of drug-likeness (QED) is 0.720. The summed E-state index contributed by atoms with van der Waals surface area (Å²) < 4.78 is -0.447. The molecular weight excluding hydrogens is 388 g/mol. The van der Waals surface area contributed by atoms with Crippen LogP contribution < -0.4 is 10.2 Å². The molecule has 3 aliphatic heterocycles. The lowest BCUT2D eigenvalue weighted by atomic mass is 10.0. The van der Waals surface area contributed by atoms with Crippen molar-refractivity contribution in [2.24, 2.45) is 0 Å². The van der Waals surface area contributed by atoms with Crippen LogP contribution in [0.5, 0.6) is 0 Å². The highest BCUT2D eigenvalue weighted by Gasteiger charge is 2.57. The van der Waals surface area contributed by atoms with Crippen LogP contribution in [-0.2, 0) is 9.59 Å². The Bertz CT molecular complexity index is 850. The Morgan fingerprint density at radius 1 is 1.24 bits per heavy atom. The van der Waals surface area contributed by atoms with E-state index in [1.165, 1.54) is 4.90 Å². The molecule has 3 atom stereocenters. The Labute approximate surface area is 175 Å². The summed E-state index contributed by atoms with van der Waals surface area (Å²) in [6, 6.07) is 6.32. The van der Waals surface area contributed by atoms with Gasteiger partial charge in [-0.1, -0.05) is 18.2 Å². The molecule has 1 aromatic rings. The number of thioether (sulfide) groups is 1. The van der Waals surface area contributed by atoms with Gasteiger partial charge in [0, 0.05) is 10.3 Å². The highest BCUT2D eigenvalue weighted by Crippen LogP contribution is 2.56. The standard InChI is InChI=1S/C21H28N4O3S/c1-13(18(27)24-11-9-23(4)10-12-24)22-17(26)16-21(2,3)29-20-15-8-6-5-7-14(15)19(28)25(16)20/h5-8,13,16,20H,9-12H2,1-4H3,(H,22,26)/p+1/t13-,16+,20+/m0/s1. The van der Waals surface area contributed by atoms with Crippen LogP contribution in [0.25, 0.3) is 0 Å². The predicted octanol–water partition coefficient (Wildman–Crippen LogP) is -0.103. The van der Waals surface area contributed by atoms with Crippen LogP contribution in [0.1, 0.15) is 42.1 Å². The van der Waals surface area contributed by atoms with E-state index in [2.05, 4.69) is 12.4 Å².